The van der Waals surface area contributed by atoms with Crippen LogP contribution in [0.25, 0.3) is 27.4 Å². The summed E-state index contributed by atoms with van der Waals surface area (Å²) in [6.07, 6.45) is 10.6. The summed E-state index contributed by atoms with van der Waals surface area (Å²) in [5, 5.41) is 19.1. The maximum Gasteiger partial charge on any atom is 0.258 e. The molecule has 1 aliphatic carbocycles. The van der Waals surface area contributed by atoms with Gasteiger partial charge in [0.15, 0.2) is 0 Å². The number of fused-ring (bicyclic) bond motifs is 1. The number of amides is 3. The van der Waals surface area contributed by atoms with Gasteiger partial charge in [-0.25, -0.2) is 10.4 Å². The average molecular weight is 901 g/mol. The predicted molar refractivity (Wildman–Crippen MR) is 262 cm³/mol. The van der Waals surface area contributed by atoms with Gasteiger partial charge in [0.25, 0.3) is 5.91 Å². The number of β-amino-alcohol motifs (C(OH)–C–C–N with tert-alkyl or cyclic N) is 1. The van der Waals surface area contributed by atoms with Crippen molar-refractivity contribution < 1.29 is 19.5 Å². The van der Waals surface area contributed by atoms with E-state index in [2.05, 4.69) is 124 Å². The second-order valence-corrected chi connectivity index (χ2v) is 19.9. The fourth-order valence-corrected chi connectivity index (χ4v) is 10.2. The van der Waals surface area contributed by atoms with Gasteiger partial charge in [0.2, 0.25) is 11.8 Å². The lowest BCUT2D eigenvalue weighted by Crippen LogP contribution is -2.59. The van der Waals surface area contributed by atoms with E-state index in [-0.39, 0.29) is 42.8 Å². The lowest BCUT2D eigenvalue weighted by molar-refractivity contribution is -0.142. The predicted octanol–water partition coefficient (Wildman–Crippen LogP) is 7.84. The second kappa shape index (κ2) is 21.9. The third-order valence-corrected chi connectivity index (χ3v) is 14.1. The first-order valence-electron chi connectivity index (χ1n) is 23.4. The van der Waals surface area contributed by atoms with Gasteiger partial charge in [0, 0.05) is 67.9 Å². The van der Waals surface area contributed by atoms with E-state index >= 15 is 0 Å². The molecule has 5 aromatic rings. The fourth-order valence-electron chi connectivity index (χ4n) is 9.35. The molecule has 65 heavy (non-hydrogen) atoms. The second-order valence-electron chi connectivity index (χ2n) is 19.1. The van der Waals surface area contributed by atoms with Gasteiger partial charge in [-0.2, -0.15) is 0 Å². The van der Waals surface area contributed by atoms with E-state index in [0.29, 0.717) is 6.04 Å². The van der Waals surface area contributed by atoms with Gasteiger partial charge in [-0.15, -0.1) is 11.3 Å². The molecule has 2 fully saturated rings. The van der Waals surface area contributed by atoms with Crippen LogP contribution in [0.3, 0.4) is 0 Å². The van der Waals surface area contributed by atoms with Gasteiger partial charge in [-0.05, 0) is 97.7 Å². The third kappa shape index (κ3) is 12.4. The first-order chi connectivity index (χ1) is 31.3. The number of aryl methyl sites for hydroxylation is 1. The third-order valence-electron chi connectivity index (χ3n) is 13.1. The molecule has 6 N–H and O–H groups in total. The smallest absolute Gasteiger partial charge is 0.258 e. The zero-order chi connectivity index (χ0) is 46.1. The summed E-state index contributed by atoms with van der Waals surface area (Å²) in [6, 6.07) is 24.0. The van der Waals surface area contributed by atoms with Crippen LogP contribution in [-0.2, 0) is 27.3 Å². The van der Waals surface area contributed by atoms with Gasteiger partial charge in [-0.3, -0.25) is 24.7 Å². The van der Waals surface area contributed by atoms with Crippen LogP contribution in [0.5, 0.6) is 0 Å². The highest BCUT2D eigenvalue weighted by molar-refractivity contribution is 7.13. The van der Waals surface area contributed by atoms with Gasteiger partial charge < -0.3 is 25.6 Å². The van der Waals surface area contributed by atoms with Crippen LogP contribution in [0.2, 0.25) is 0 Å². The zero-order valence-electron chi connectivity index (χ0n) is 38.9. The maximum atomic E-state index is 14.6. The van der Waals surface area contributed by atoms with Crippen LogP contribution in [0.15, 0.2) is 90.6 Å². The molecule has 13 heteroatoms. The topological polar surface area (TPSA) is 155 Å². The summed E-state index contributed by atoms with van der Waals surface area (Å²) in [6.45, 7) is 14.8. The molecule has 4 atom stereocenters. The number of thiazole rings is 1. The molecule has 0 spiro atoms. The number of hydrogen-bond acceptors (Lipinski definition) is 9. The molecule has 2 aromatic heterocycles. The molecule has 0 bridgehead atoms. The molecule has 3 heterocycles. The summed E-state index contributed by atoms with van der Waals surface area (Å²) < 4.78 is 0. The number of carbonyl (C=O) groups is 3. The fraction of sp³-hybridized carbons (Fsp3) is 0.462. The Morgan fingerprint density at radius 2 is 1.75 bits per heavy atom. The molecule has 346 valence electrons. The van der Waals surface area contributed by atoms with E-state index in [1.165, 1.54) is 16.5 Å². The summed E-state index contributed by atoms with van der Waals surface area (Å²) >= 11 is 1.61. The van der Waals surface area contributed by atoms with Crippen LogP contribution in [0.1, 0.15) is 107 Å². The van der Waals surface area contributed by atoms with Crippen molar-refractivity contribution in [2.45, 2.75) is 129 Å². The summed E-state index contributed by atoms with van der Waals surface area (Å²) in [5.74, 6) is -0.567. The van der Waals surface area contributed by atoms with Crippen molar-refractivity contribution in [2.75, 3.05) is 19.6 Å². The molecule has 1 aliphatic heterocycles. The normalized spacial score (nSPS) is 20.1. The van der Waals surface area contributed by atoms with Crippen molar-refractivity contribution in [3.8, 4) is 10.4 Å². The lowest BCUT2D eigenvalue weighted by Gasteiger charge is -2.41. The number of para-hydroxylation sites is 1. The largest absolute Gasteiger partial charge is 0.391 e. The number of aliphatic hydroxyl groups excluding tert-OH is 1. The number of nitrogens with one attached hydrogen (secondary N) is 5. The minimum absolute atomic E-state index is 0.129. The van der Waals surface area contributed by atoms with Gasteiger partial charge in [0.05, 0.1) is 34.3 Å². The van der Waals surface area contributed by atoms with Gasteiger partial charge in [-0.1, -0.05) is 94.4 Å². The summed E-state index contributed by atoms with van der Waals surface area (Å²) in [5.41, 5.74) is 14.7. The Bertz CT molecular complexity index is 2380. The Kier molecular flexibility index (Phi) is 16.1. The van der Waals surface area contributed by atoms with Gasteiger partial charge >= 0.3 is 0 Å². The molecule has 0 radical (unpaired) electrons. The number of likely N-dealkylation sites (tertiary alicyclic amines) is 1. The molecule has 1 saturated carbocycles. The average Bonchev–Trinajstić information content (AvgIpc) is 4.04. The molecule has 12 nitrogen and oxygen atoms in total. The van der Waals surface area contributed by atoms with Crippen molar-refractivity contribution in [3.05, 3.63) is 119 Å². The van der Waals surface area contributed by atoms with E-state index in [4.69, 9.17) is 0 Å². The van der Waals surface area contributed by atoms with Crippen LogP contribution in [0.4, 0.5) is 0 Å². The quantitative estimate of drug-likeness (QED) is 0.0296. The Morgan fingerprint density at radius 3 is 2.45 bits per heavy atom. The van der Waals surface area contributed by atoms with Crippen molar-refractivity contribution >= 4 is 46.0 Å². The van der Waals surface area contributed by atoms with E-state index in [0.717, 1.165) is 90.9 Å². The Hall–Kier alpha value is -5.18. The number of benzene rings is 3. The van der Waals surface area contributed by atoms with Crippen molar-refractivity contribution in [3.63, 3.8) is 0 Å². The molecular weight excluding hydrogens is 833 g/mol. The van der Waals surface area contributed by atoms with Crippen LogP contribution in [0, 0.1) is 12.3 Å². The zero-order valence-corrected chi connectivity index (χ0v) is 39.7. The number of hydrogen-bond donors (Lipinski definition) is 6. The number of carbonyl (C=O) groups excluding carboxylic acids is 3. The Balaban J connectivity index is 0.985. The number of hydrazine groups is 1. The standard InChI is InChI=1S/C52H68N8O4S/c1-7-27-55-58-47(62)25-16-36-12-14-37(15-13-36)31-59(28-26-40-30-53-45-11-9-8-10-44(40)45)42-23-21-41(22-24-42)57-49(52(4,5)6)51(64)60-32-43(61)29-46(60)50(63)56-34(2)38-17-19-39(20-18-38)48-35(3)54-33-65-48/h8-20,25,30,33-34,41-43,46,49,53,55,57,61H,7,21-24,26-29,31-32H2,1-6H3,(H,56,63)(H,58,62)/b25-16+/t34-,41?,42?,43+,46-,49+/m0/s1. The maximum absolute atomic E-state index is 14.6. The number of rotatable bonds is 18. The highest BCUT2D eigenvalue weighted by Crippen LogP contribution is 2.32. The highest BCUT2D eigenvalue weighted by atomic mass is 32.1. The van der Waals surface area contributed by atoms with Crippen LogP contribution >= 0.6 is 11.3 Å². The van der Waals surface area contributed by atoms with E-state index in [1.54, 1.807) is 22.3 Å². The lowest BCUT2D eigenvalue weighted by atomic mass is 9.83. The van der Waals surface area contributed by atoms with Crippen molar-refractivity contribution in [2.24, 2.45) is 5.41 Å². The number of aliphatic hydroxyl groups is 1. The first kappa shape index (κ1) is 47.8. The number of aromatic nitrogens is 2. The van der Waals surface area contributed by atoms with Crippen molar-refractivity contribution in [1.29, 1.82) is 0 Å². The monoisotopic (exact) mass is 901 g/mol. The van der Waals surface area contributed by atoms with E-state index < -0.39 is 23.6 Å². The summed E-state index contributed by atoms with van der Waals surface area (Å²) in [4.78, 5) is 53.9. The molecule has 0 unspecified atom stereocenters. The van der Waals surface area contributed by atoms with Crippen LogP contribution in [-0.4, -0.2) is 92.5 Å². The minimum Gasteiger partial charge on any atom is -0.391 e. The molecule has 7 rings (SSSR count). The Labute approximate surface area is 388 Å². The molecule has 3 amide bonds. The van der Waals surface area contributed by atoms with E-state index in [1.807, 2.05) is 44.5 Å². The molecule has 2 aliphatic rings. The van der Waals surface area contributed by atoms with E-state index in [9.17, 15) is 19.5 Å². The first-order valence-corrected chi connectivity index (χ1v) is 24.3. The Morgan fingerprint density at radius 1 is 1.02 bits per heavy atom. The van der Waals surface area contributed by atoms with Crippen LogP contribution < -0.4 is 21.5 Å². The number of nitrogens with zero attached hydrogens (tertiary/aromatic N) is 3. The number of H-pyrrole nitrogens is 1. The summed E-state index contributed by atoms with van der Waals surface area (Å²) in [7, 11) is 0. The van der Waals surface area contributed by atoms with Gasteiger partial charge in [0.1, 0.15) is 6.04 Å². The number of aromatic amines is 1. The van der Waals surface area contributed by atoms with Crippen molar-refractivity contribution in [1.82, 2.24) is 41.3 Å². The molecular formula is C52H68N8O4S. The minimum atomic E-state index is -0.773. The highest BCUT2D eigenvalue weighted by Gasteiger charge is 2.45. The molecule has 1 saturated heterocycles. The SMILES string of the molecule is CCCNNC(=O)/C=C/c1ccc(CN(CCc2c[nH]c3ccccc23)C2CCC(N[C@H](C(=O)N3C[C@H](O)C[C@H]3C(=O)N[C@@H](C)c3ccc(-c4scnc4C)cc3)C(C)(C)C)CC2)cc1. The molecule has 3 aromatic carbocycles.